The molecular formula is C23H32N2O5. The van der Waals surface area contributed by atoms with Crippen LogP contribution in [0, 0.1) is 6.92 Å². The van der Waals surface area contributed by atoms with Gasteiger partial charge in [0, 0.05) is 0 Å². The van der Waals surface area contributed by atoms with Gasteiger partial charge in [0.1, 0.15) is 13.6 Å². The number of aliphatic hydroxyl groups is 1. The van der Waals surface area contributed by atoms with E-state index in [1.807, 2.05) is 19.6 Å². The molecule has 1 fully saturated rings. The summed E-state index contributed by atoms with van der Waals surface area (Å²) in [4.78, 5) is 29.3. The normalized spacial score (nSPS) is 14.4. The lowest BCUT2D eigenvalue weighted by atomic mass is 9.90. The van der Waals surface area contributed by atoms with Crippen LogP contribution < -0.4 is 5.48 Å². The molecule has 1 unspecified atom stereocenters. The number of aryl methyl sites for hydroxylation is 1. The molecule has 164 valence electrons. The average Bonchev–Trinajstić information content (AvgIpc) is 2.82. The van der Waals surface area contributed by atoms with Crippen molar-refractivity contribution in [2.75, 3.05) is 20.1 Å². The van der Waals surface area contributed by atoms with E-state index in [0.717, 1.165) is 11.5 Å². The Morgan fingerprint density at radius 2 is 1.50 bits per heavy atom. The van der Waals surface area contributed by atoms with E-state index in [1.54, 1.807) is 25.1 Å². The maximum Gasteiger partial charge on any atom is 0.276 e. The van der Waals surface area contributed by atoms with Crippen LogP contribution in [0.25, 0.3) is 0 Å². The van der Waals surface area contributed by atoms with Crippen LogP contribution >= 0.6 is 0 Å². The maximum absolute atomic E-state index is 10.9. The maximum atomic E-state index is 10.9. The molecule has 30 heavy (non-hydrogen) atoms. The fraction of sp³-hybridized carbons (Fsp3) is 0.348. The Labute approximate surface area is 178 Å². The van der Waals surface area contributed by atoms with E-state index >= 15 is 0 Å². The predicted octanol–water partition coefficient (Wildman–Crippen LogP) is 2.66. The van der Waals surface area contributed by atoms with Gasteiger partial charge in [0.05, 0.1) is 0 Å². The van der Waals surface area contributed by atoms with E-state index in [4.69, 9.17) is 14.8 Å². The Bertz CT molecular complexity index is 717. The Kier molecular flexibility index (Phi) is 14.5. The quantitative estimate of drug-likeness (QED) is 0.525. The standard InChI is InChI=1S/C12H17N.C9H11NO3.2CH2O/c1-13-9-7-12(8-10-13)11-5-3-2-4-6-11;1-6-4-2-3-5-7(6)8(11)9(12)10-13;2*1-2/h2-6,12H,7-10H2,1H3;2-5,8,11,13H,1H3,(H,10,12);2*1H2. The first-order valence-corrected chi connectivity index (χ1v) is 9.51. The lowest BCUT2D eigenvalue weighted by Crippen LogP contribution is -2.29. The molecule has 0 saturated carbocycles. The second-order valence-corrected chi connectivity index (χ2v) is 6.72. The number of aliphatic hydroxyl groups excluding tert-OH is 1. The Balaban J connectivity index is 0.000000481. The van der Waals surface area contributed by atoms with Gasteiger partial charge in [-0.25, -0.2) is 5.48 Å². The summed E-state index contributed by atoms with van der Waals surface area (Å²) in [6.07, 6.45) is 1.33. The fourth-order valence-corrected chi connectivity index (χ4v) is 3.16. The van der Waals surface area contributed by atoms with Gasteiger partial charge in [0.25, 0.3) is 5.91 Å². The minimum atomic E-state index is -1.31. The number of hydrogen-bond acceptors (Lipinski definition) is 6. The van der Waals surface area contributed by atoms with Crippen LogP contribution in [-0.4, -0.2) is 54.8 Å². The minimum Gasteiger partial charge on any atom is -0.378 e. The number of nitrogens with zero attached hydrogens (tertiary/aromatic N) is 1. The molecule has 1 saturated heterocycles. The average molecular weight is 417 g/mol. The Morgan fingerprint density at radius 1 is 1.00 bits per heavy atom. The second-order valence-electron chi connectivity index (χ2n) is 6.72. The molecule has 0 radical (unpaired) electrons. The number of rotatable bonds is 3. The Morgan fingerprint density at radius 3 is 2.00 bits per heavy atom. The van der Waals surface area contributed by atoms with Crippen molar-refractivity contribution in [2.45, 2.75) is 31.8 Å². The summed E-state index contributed by atoms with van der Waals surface area (Å²) in [6, 6.07) is 17.8. The van der Waals surface area contributed by atoms with Crippen LogP contribution in [-0.2, 0) is 14.4 Å². The van der Waals surface area contributed by atoms with E-state index in [-0.39, 0.29) is 0 Å². The van der Waals surface area contributed by atoms with Crippen molar-refractivity contribution in [2.24, 2.45) is 0 Å². The number of nitrogens with one attached hydrogen (secondary N) is 1. The van der Waals surface area contributed by atoms with Crippen LogP contribution in [0.3, 0.4) is 0 Å². The van der Waals surface area contributed by atoms with E-state index in [2.05, 4.69) is 42.3 Å². The van der Waals surface area contributed by atoms with Crippen LogP contribution in [0.2, 0.25) is 0 Å². The monoisotopic (exact) mass is 416 g/mol. The molecule has 2 aromatic rings. The van der Waals surface area contributed by atoms with Gasteiger partial charge in [-0.1, -0.05) is 54.6 Å². The summed E-state index contributed by atoms with van der Waals surface area (Å²) < 4.78 is 0. The van der Waals surface area contributed by atoms with Crippen molar-refractivity contribution >= 4 is 19.5 Å². The van der Waals surface area contributed by atoms with Gasteiger partial charge in [-0.2, -0.15) is 0 Å². The first-order chi connectivity index (χ1) is 14.5. The van der Waals surface area contributed by atoms with Crippen molar-refractivity contribution in [3.63, 3.8) is 0 Å². The highest BCUT2D eigenvalue weighted by molar-refractivity contribution is 5.81. The van der Waals surface area contributed by atoms with Crippen molar-refractivity contribution in [1.29, 1.82) is 0 Å². The van der Waals surface area contributed by atoms with Gasteiger partial charge >= 0.3 is 0 Å². The molecule has 7 heteroatoms. The molecule has 1 aliphatic rings. The van der Waals surface area contributed by atoms with E-state index in [9.17, 15) is 9.90 Å². The second kappa shape index (κ2) is 16.0. The zero-order chi connectivity index (χ0) is 22.9. The fourth-order valence-electron chi connectivity index (χ4n) is 3.16. The van der Waals surface area contributed by atoms with Gasteiger partial charge in [-0.15, -0.1) is 0 Å². The molecule has 2 aromatic carbocycles. The molecule has 3 rings (SSSR count). The largest absolute Gasteiger partial charge is 0.378 e. The summed E-state index contributed by atoms with van der Waals surface area (Å²) in [6.45, 7) is 8.28. The zero-order valence-corrected chi connectivity index (χ0v) is 17.7. The van der Waals surface area contributed by atoms with Crippen molar-refractivity contribution in [1.82, 2.24) is 10.4 Å². The van der Waals surface area contributed by atoms with E-state index < -0.39 is 12.0 Å². The van der Waals surface area contributed by atoms with Gasteiger partial charge in [0.2, 0.25) is 0 Å². The highest BCUT2D eigenvalue weighted by atomic mass is 16.5. The van der Waals surface area contributed by atoms with Gasteiger partial charge < -0.3 is 19.6 Å². The van der Waals surface area contributed by atoms with Crippen LogP contribution in [0.1, 0.15) is 41.6 Å². The number of benzene rings is 2. The van der Waals surface area contributed by atoms with Crippen LogP contribution in [0.5, 0.6) is 0 Å². The summed E-state index contributed by atoms with van der Waals surface area (Å²) >= 11 is 0. The van der Waals surface area contributed by atoms with Gasteiger partial charge in [-0.05, 0) is 62.5 Å². The molecule has 0 aromatic heterocycles. The summed E-state index contributed by atoms with van der Waals surface area (Å²) in [5.74, 6) is -0.0216. The topological polar surface area (TPSA) is 107 Å². The SMILES string of the molecule is C=O.C=O.CN1CCC(c2ccccc2)CC1.Cc1ccccc1C(O)C(=O)NO. The number of carbonyl (C=O) groups is 3. The lowest BCUT2D eigenvalue weighted by Gasteiger charge is -2.29. The number of hydroxylamine groups is 1. The van der Waals surface area contributed by atoms with Crippen LogP contribution in [0.15, 0.2) is 54.6 Å². The summed E-state index contributed by atoms with van der Waals surface area (Å²) in [5, 5.41) is 17.7. The van der Waals surface area contributed by atoms with Crippen molar-refractivity contribution in [3.05, 3.63) is 71.3 Å². The zero-order valence-electron chi connectivity index (χ0n) is 17.7. The number of hydrogen-bond donors (Lipinski definition) is 3. The molecular weight excluding hydrogens is 384 g/mol. The smallest absolute Gasteiger partial charge is 0.276 e. The molecule has 7 nitrogen and oxygen atoms in total. The third kappa shape index (κ3) is 9.09. The number of carbonyl (C=O) groups excluding carboxylic acids is 3. The number of amides is 1. The number of likely N-dealkylation sites (tertiary alicyclic amines) is 1. The molecule has 0 aliphatic carbocycles. The first kappa shape index (κ1) is 27.1. The summed E-state index contributed by atoms with van der Waals surface area (Å²) in [5.41, 5.74) is 4.22. The number of piperidine rings is 1. The first-order valence-electron chi connectivity index (χ1n) is 9.51. The molecule has 3 N–H and O–H groups in total. The van der Waals surface area contributed by atoms with E-state index in [1.165, 1.54) is 37.0 Å². The third-order valence-corrected chi connectivity index (χ3v) is 4.83. The van der Waals surface area contributed by atoms with Crippen LogP contribution in [0.4, 0.5) is 0 Å². The molecule has 1 aliphatic heterocycles. The van der Waals surface area contributed by atoms with Crippen molar-refractivity contribution < 1.29 is 24.7 Å². The molecule has 0 bridgehead atoms. The van der Waals surface area contributed by atoms with Gasteiger partial charge in [-0.3, -0.25) is 10.0 Å². The highest BCUT2D eigenvalue weighted by Gasteiger charge is 2.18. The molecule has 0 spiro atoms. The minimum absolute atomic E-state index is 0.494. The summed E-state index contributed by atoms with van der Waals surface area (Å²) in [7, 11) is 2.21. The lowest BCUT2D eigenvalue weighted by molar-refractivity contribution is -0.138. The third-order valence-electron chi connectivity index (χ3n) is 4.83. The van der Waals surface area contributed by atoms with Gasteiger partial charge in [0.15, 0.2) is 6.10 Å². The van der Waals surface area contributed by atoms with Crippen molar-refractivity contribution in [3.8, 4) is 0 Å². The highest BCUT2D eigenvalue weighted by Crippen LogP contribution is 2.26. The van der Waals surface area contributed by atoms with E-state index in [0.29, 0.717) is 5.56 Å². The molecule has 1 amide bonds. The molecule has 1 heterocycles. The Hall–Kier alpha value is -2.87. The predicted molar refractivity (Wildman–Crippen MR) is 116 cm³/mol. The molecule has 1 atom stereocenters.